The summed E-state index contributed by atoms with van der Waals surface area (Å²) < 4.78 is 5.69. The van der Waals surface area contributed by atoms with Crippen molar-refractivity contribution >= 4 is 29.9 Å². The molecular weight excluding hydrogens is 429 g/mol. The second-order valence-electron chi connectivity index (χ2n) is 6.29. The molecule has 7 heteroatoms. The lowest BCUT2D eigenvalue weighted by Gasteiger charge is -2.37. The summed E-state index contributed by atoms with van der Waals surface area (Å²) in [7, 11) is 6.18. The van der Waals surface area contributed by atoms with Crippen LogP contribution in [0, 0.1) is 0 Å². The number of hydrogen-bond acceptors (Lipinski definition) is 4. The Balaban J connectivity index is 0.00000312. The number of likely N-dealkylation sites (N-methyl/N-ethyl adjacent to an activating group) is 2. The van der Waals surface area contributed by atoms with Gasteiger partial charge < -0.3 is 20.3 Å². The maximum atomic E-state index is 5.69. The summed E-state index contributed by atoms with van der Waals surface area (Å²) in [5.41, 5.74) is 0. The van der Waals surface area contributed by atoms with Crippen LogP contribution < -0.4 is 15.4 Å². The fraction of sp³-hybridized carbons (Fsp3) is 0.611. The number of halogens is 1. The lowest BCUT2D eigenvalue weighted by Crippen LogP contribution is -2.55. The van der Waals surface area contributed by atoms with E-state index in [1.807, 2.05) is 37.4 Å². The third-order valence-corrected chi connectivity index (χ3v) is 4.33. The summed E-state index contributed by atoms with van der Waals surface area (Å²) in [5, 5.41) is 6.78. The van der Waals surface area contributed by atoms with E-state index in [4.69, 9.17) is 4.74 Å². The van der Waals surface area contributed by atoms with Gasteiger partial charge in [0.05, 0.1) is 6.61 Å². The summed E-state index contributed by atoms with van der Waals surface area (Å²) >= 11 is 0. The standard InChI is InChI=1S/C18H31N5O.HI/c1-19-18(21-14-16-15-22(2)11-12-23(16)3)20-10-7-13-24-17-8-5-4-6-9-17;/h4-6,8-9,16H,7,10-15H2,1-3H3,(H2,19,20,21);1H. The van der Waals surface area contributed by atoms with E-state index >= 15 is 0 Å². The number of hydrogen-bond donors (Lipinski definition) is 2. The molecule has 2 rings (SSSR count). The van der Waals surface area contributed by atoms with Crippen LogP contribution >= 0.6 is 24.0 Å². The molecule has 0 spiro atoms. The van der Waals surface area contributed by atoms with Crippen molar-refractivity contribution in [1.82, 2.24) is 20.4 Å². The van der Waals surface area contributed by atoms with Crippen LogP contribution in [0.25, 0.3) is 0 Å². The van der Waals surface area contributed by atoms with Gasteiger partial charge in [0.15, 0.2) is 5.96 Å². The predicted molar refractivity (Wildman–Crippen MR) is 115 cm³/mol. The van der Waals surface area contributed by atoms with Gasteiger partial charge in [-0.1, -0.05) is 18.2 Å². The molecule has 0 amide bonds. The minimum atomic E-state index is 0. The van der Waals surface area contributed by atoms with Gasteiger partial charge in [-0.2, -0.15) is 0 Å². The van der Waals surface area contributed by atoms with Gasteiger partial charge in [0, 0.05) is 45.8 Å². The minimum Gasteiger partial charge on any atom is -0.494 e. The van der Waals surface area contributed by atoms with Crippen LogP contribution in [0.5, 0.6) is 5.75 Å². The SMILES string of the molecule is CN=C(NCCCOc1ccccc1)NCC1CN(C)CCN1C.I. The first-order valence-electron chi connectivity index (χ1n) is 8.70. The zero-order valence-electron chi connectivity index (χ0n) is 15.6. The van der Waals surface area contributed by atoms with E-state index in [1.165, 1.54) is 0 Å². The smallest absolute Gasteiger partial charge is 0.191 e. The minimum absolute atomic E-state index is 0. The van der Waals surface area contributed by atoms with Crippen LogP contribution in [0.4, 0.5) is 0 Å². The molecule has 142 valence electrons. The molecule has 0 radical (unpaired) electrons. The second-order valence-corrected chi connectivity index (χ2v) is 6.29. The van der Waals surface area contributed by atoms with E-state index in [1.54, 1.807) is 0 Å². The molecule has 6 nitrogen and oxygen atoms in total. The van der Waals surface area contributed by atoms with Crippen molar-refractivity contribution in [2.24, 2.45) is 4.99 Å². The highest BCUT2D eigenvalue weighted by Crippen LogP contribution is 2.08. The molecule has 1 aliphatic heterocycles. The maximum Gasteiger partial charge on any atom is 0.191 e. The van der Waals surface area contributed by atoms with Gasteiger partial charge in [0.1, 0.15) is 5.75 Å². The number of rotatable bonds is 7. The van der Waals surface area contributed by atoms with Crippen molar-refractivity contribution in [3.63, 3.8) is 0 Å². The van der Waals surface area contributed by atoms with Crippen molar-refractivity contribution in [3.8, 4) is 5.75 Å². The van der Waals surface area contributed by atoms with Gasteiger partial charge in [-0.15, -0.1) is 24.0 Å². The zero-order valence-corrected chi connectivity index (χ0v) is 17.9. The molecule has 1 atom stereocenters. The summed E-state index contributed by atoms with van der Waals surface area (Å²) in [4.78, 5) is 9.08. The van der Waals surface area contributed by atoms with Crippen molar-refractivity contribution < 1.29 is 4.74 Å². The first-order chi connectivity index (χ1) is 11.7. The van der Waals surface area contributed by atoms with E-state index in [2.05, 4.69) is 39.5 Å². The number of piperazine rings is 1. The fourth-order valence-electron chi connectivity index (χ4n) is 2.74. The average molecular weight is 461 g/mol. The first-order valence-corrected chi connectivity index (χ1v) is 8.70. The first kappa shape index (κ1) is 22.0. The highest BCUT2D eigenvalue weighted by atomic mass is 127. The Morgan fingerprint density at radius 3 is 2.68 bits per heavy atom. The Morgan fingerprint density at radius 1 is 1.20 bits per heavy atom. The Labute approximate surface area is 169 Å². The quantitative estimate of drug-likeness (QED) is 0.279. The van der Waals surface area contributed by atoms with Crippen LogP contribution in [-0.4, -0.2) is 82.3 Å². The van der Waals surface area contributed by atoms with Crippen molar-refractivity contribution in [2.45, 2.75) is 12.5 Å². The van der Waals surface area contributed by atoms with Crippen molar-refractivity contribution in [2.75, 3.05) is 60.5 Å². The van der Waals surface area contributed by atoms with E-state index in [-0.39, 0.29) is 24.0 Å². The normalized spacial score (nSPS) is 19.2. The molecule has 1 fully saturated rings. The summed E-state index contributed by atoms with van der Waals surface area (Å²) in [6.45, 7) is 5.79. The zero-order chi connectivity index (χ0) is 17.2. The van der Waals surface area contributed by atoms with Gasteiger partial charge in [0.2, 0.25) is 0 Å². The molecule has 25 heavy (non-hydrogen) atoms. The van der Waals surface area contributed by atoms with Gasteiger partial charge in [0.25, 0.3) is 0 Å². The molecule has 0 aliphatic carbocycles. The van der Waals surface area contributed by atoms with Crippen LogP contribution in [0.1, 0.15) is 6.42 Å². The van der Waals surface area contributed by atoms with Gasteiger partial charge >= 0.3 is 0 Å². The molecule has 1 saturated heterocycles. The number of ether oxygens (including phenoxy) is 1. The summed E-state index contributed by atoms with van der Waals surface area (Å²) in [5.74, 6) is 1.78. The van der Waals surface area contributed by atoms with E-state index < -0.39 is 0 Å². The van der Waals surface area contributed by atoms with E-state index in [0.717, 1.165) is 50.9 Å². The summed E-state index contributed by atoms with van der Waals surface area (Å²) in [6, 6.07) is 10.4. The molecule has 0 aromatic heterocycles. The number of nitrogens with one attached hydrogen (secondary N) is 2. The van der Waals surface area contributed by atoms with Crippen molar-refractivity contribution in [1.29, 1.82) is 0 Å². The molecule has 1 aliphatic rings. The topological polar surface area (TPSA) is 52.1 Å². The molecule has 1 heterocycles. The number of para-hydroxylation sites is 1. The maximum absolute atomic E-state index is 5.69. The van der Waals surface area contributed by atoms with Gasteiger partial charge in [-0.3, -0.25) is 9.89 Å². The molecule has 1 unspecified atom stereocenters. The number of aliphatic imine (C=N–C) groups is 1. The molecular formula is C18H32IN5O. The fourth-order valence-corrected chi connectivity index (χ4v) is 2.74. The Kier molecular flexibility index (Phi) is 10.8. The third-order valence-electron chi connectivity index (χ3n) is 4.33. The molecule has 1 aromatic carbocycles. The van der Waals surface area contributed by atoms with Gasteiger partial charge in [-0.05, 0) is 32.6 Å². The molecule has 0 saturated carbocycles. The van der Waals surface area contributed by atoms with Crippen molar-refractivity contribution in [3.05, 3.63) is 30.3 Å². The van der Waals surface area contributed by atoms with Gasteiger partial charge in [-0.25, -0.2) is 0 Å². The number of nitrogens with zero attached hydrogens (tertiary/aromatic N) is 3. The third kappa shape index (κ3) is 8.24. The van der Waals surface area contributed by atoms with Crippen LogP contribution in [0.3, 0.4) is 0 Å². The Bertz CT molecular complexity index is 499. The lowest BCUT2D eigenvalue weighted by atomic mass is 10.2. The van der Waals surface area contributed by atoms with E-state index in [9.17, 15) is 0 Å². The molecule has 1 aromatic rings. The summed E-state index contributed by atoms with van der Waals surface area (Å²) in [6.07, 6.45) is 0.932. The van der Waals surface area contributed by atoms with Crippen LogP contribution in [-0.2, 0) is 0 Å². The predicted octanol–water partition coefficient (Wildman–Crippen LogP) is 1.48. The van der Waals surface area contributed by atoms with Crippen LogP contribution in [0.15, 0.2) is 35.3 Å². The lowest BCUT2D eigenvalue weighted by molar-refractivity contribution is 0.116. The highest BCUT2D eigenvalue weighted by Gasteiger charge is 2.21. The average Bonchev–Trinajstić information content (AvgIpc) is 2.61. The Hall–Kier alpha value is -1.06. The van der Waals surface area contributed by atoms with E-state index in [0.29, 0.717) is 12.6 Å². The largest absolute Gasteiger partial charge is 0.494 e. The second kappa shape index (κ2) is 12.3. The molecule has 2 N–H and O–H groups in total. The highest BCUT2D eigenvalue weighted by molar-refractivity contribution is 14.0. The number of benzene rings is 1. The van der Waals surface area contributed by atoms with Crippen LogP contribution in [0.2, 0.25) is 0 Å². The Morgan fingerprint density at radius 2 is 1.96 bits per heavy atom. The molecule has 0 bridgehead atoms. The number of guanidine groups is 1. The monoisotopic (exact) mass is 461 g/mol.